The highest BCUT2D eigenvalue weighted by molar-refractivity contribution is 7.25. The normalized spacial score (nSPS) is 12.6. The Morgan fingerprint density at radius 2 is 1.92 bits per heavy atom. The maximum Gasteiger partial charge on any atom is 0.298 e. The van der Waals surface area contributed by atoms with Crippen LogP contribution in [0.4, 0.5) is 0 Å². The van der Waals surface area contributed by atoms with Gasteiger partial charge in [-0.25, -0.2) is 4.57 Å². The second kappa shape index (κ2) is 4.74. The average molecular weight is 341 g/mol. The Kier molecular flexibility index (Phi) is 2.51. The SMILES string of the molecule is c1ccc(-n2c3[n+](c4sc5cccnc5c42)Cc2ccncc2-3)cc1. The van der Waals surface area contributed by atoms with Crippen molar-refractivity contribution >= 4 is 31.9 Å². The van der Waals surface area contributed by atoms with Gasteiger partial charge in [-0.3, -0.25) is 9.97 Å². The van der Waals surface area contributed by atoms with E-state index in [0.29, 0.717) is 0 Å². The van der Waals surface area contributed by atoms with E-state index in [-0.39, 0.29) is 0 Å². The summed E-state index contributed by atoms with van der Waals surface area (Å²) in [4.78, 5) is 10.3. The molecule has 0 amide bonds. The first-order valence-corrected chi connectivity index (χ1v) is 9.04. The highest BCUT2D eigenvalue weighted by Crippen LogP contribution is 2.39. The summed E-state index contributed by atoms with van der Waals surface area (Å²) in [5.41, 5.74) is 5.94. The van der Waals surface area contributed by atoms with Crippen LogP contribution in [0.25, 0.3) is 37.6 Å². The number of hydrogen-bond acceptors (Lipinski definition) is 3. The van der Waals surface area contributed by atoms with Crippen molar-refractivity contribution in [3.8, 4) is 17.1 Å². The molecule has 1 aliphatic rings. The lowest BCUT2D eigenvalue weighted by molar-refractivity contribution is -0.643. The summed E-state index contributed by atoms with van der Waals surface area (Å²) in [5.74, 6) is 1.20. The molecule has 4 aromatic heterocycles. The lowest BCUT2D eigenvalue weighted by Crippen LogP contribution is -2.30. The number of para-hydroxylation sites is 1. The molecule has 0 aliphatic carbocycles. The van der Waals surface area contributed by atoms with E-state index in [1.807, 2.05) is 36.0 Å². The Morgan fingerprint density at radius 3 is 2.84 bits per heavy atom. The maximum absolute atomic E-state index is 4.68. The number of rotatable bonds is 1. The van der Waals surface area contributed by atoms with Gasteiger partial charge in [0.05, 0.1) is 10.3 Å². The smallest absolute Gasteiger partial charge is 0.264 e. The number of thiophene rings is 1. The number of imidazole rings is 1. The average Bonchev–Trinajstić information content (AvgIpc) is 3.30. The standard InChI is InChI=1S/C20H13N4S/c1-2-5-14(6-3-1)24-18-17-16(7-4-9-22-17)25-20(18)23-12-13-8-10-21-11-15(13)19(23)24/h1-11H,12H2/q+1. The van der Waals surface area contributed by atoms with E-state index in [4.69, 9.17) is 0 Å². The monoisotopic (exact) mass is 341 g/mol. The highest BCUT2D eigenvalue weighted by atomic mass is 32.1. The molecular weight excluding hydrogens is 328 g/mol. The van der Waals surface area contributed by atoms with Gasteiger partial charge in [-0.05, 0) is 30.3 Å². The van der Waals surface area contributed by atoms with Gasteiger partial charge in [-0.1, -0.05) is 29.5 Å². The van der Waals surface area contributed by atoms with Crippen molar-refractivity contribution < 1.29 is 4.57 Å². The van der Waals surface area contributed by atoms with Gasteiger partial charge in [0.15, 0.2) is 0 Å². The topological polar surface area (TPSA) is 34.6 Å². The first-order valence-electron chi connectivity index (χ1n) is 8.22. The summed E-state index contributed by atoms with van der Waals surface area (Å²) in [6, 6.07) is 16.8. The molecule has 0 radical (unpaired) electrons. The van der Waals surface area contributed by atoms with Gasteiger partial charge in [0.1, 0.15) is 17.7 Å². The van der Waals surface area contributed by atoms with Gasteiger partial charge in [0.25, 0.3) is 5.82 Å². The summed E-state index contributed by atoms with van der Waals surface area (Å²) >= 11 is 1.81. The Balaban J connectivity index is 1.84. The molecule has 0 bridgehead atoms. The van der Waals surface area contributed by atoms with E-state index in [2.05, 4.69) is 61.6 Å². The van der Waals surface area contributed by atoms with Gasteiger partial charge in [0, 0.05) is 24.2 Å². The molecule has 0 saturated heterocycles. The van der Waals surface area contributed by atoms with Crippen LogP contribution in [0.5, 0.6) is 0 Å². The van der Waals surface area contributed by atoms with E-state index in [1.165, 1.54) is 32.0 Å². The minimum atomic E-state index is 0.885. The number of pyridine rings is 2. The predicted molar refractivity (Wildman–Crippen MR) is 99.0 cm³/mol. The first kappa shape index (κ1) is 13.3. The van der Waals surface area contributed by atoms with Crippen molar-refractivity contribution in [1.82, 2.24) is 14.5 Å². The minimum absolute atomic E-state index is 0.885. The fourth-order valence-electron chi connectivity index (χ4n) is 3.79. The molecule has 5 aromatic rings. The molecule has 0 N–H and O–H groups in total. The van der Waals surface area contributed by atoms with E-state index < -0.39 is 0 Å². The summed E-state index contributed by atoms with van der Waals surface area (Å²) < 4.78 is 5.97. The van der Waals surface area contributed by atoms with Crippen LogP contribution < -0.4 is 4.57 Å². The third-order valence-electron chi connectivity index (χ3n) is 4.84. The van der Waals surface area contributed by atoms with E-state index in [9.17, 15) is 0 Å². The molecule has 0 saturated carbocycles. The largest absolute Gasteiger partial charge is 0.298 e. The Morgan fingerprint density at radius 1 is 1.00 bits per heavy atom. The van der Waals surface area contributed by atoms with E-state index in [0.717, 1.165) is 17.7 Å². The predicted octanol–water partition coefficient (Wildman–Crippen LogP) is 3.95. The van der Waals surface area contributed by atoms with Crippen molar-refractivity contribution in [1.29, 1.82) is 0 Å². The molecule has 0 fully saturated rings. The van der Waals surface area contributed by atoms with Crippen molar-refractivity contribution in [2.24, 2.45) is 0 Å². The van der Waals surface area contributed by atoms with Crippen molar-refractivity contribution in [2.45, 2.75) is 6.54 Å². The second-order valence-corrected chi connectivity index (χ2v) is 7.25. The van der Waals surface area contributed by atoms with Crippen LogP contribution in [0.15, 0.2) is 67.1 Å². The zero-order chi connectivity index (χ0) is 16.4. The summed E-state index contributed by atoms with van der Waals surface area (Å²) in [6.45, 7) is 0.885. The van der Waals surface area contributed by atoms with Crippen LogP contribution in [0.1, 0.15) is 5.56 Å². The second-order valence-electron chi connectivity index (χ2n) is 6.22. The first-order chi connectivity index (χ1) is 12.4. The van der Waals surface area contributed by atoms with Crippen molar-refractivity contribution in [3.05, 3.63) is 72.7 Å². The van der Waals surface area contributed by atoms with Gasteiger partial charge in [0.2, 0.25) is 10.3 Å². The maximum atomic E-state index is 4.68. The van der Waals surface area contributed by atoms with Crippen LogP contribution in [0.2, 0.25) is 0 Å². The summed E-state index contributed by atoms with van der Waals surface area (Å²) in [7, 11) is 0. The quantitative estimate of drug-likeness (QED) is 0.424. The molecule has 0 atom stereocenters. The lowest BCUT2D eigenvalue weighted by atomic mass is 10.1. The summed E-state index contributed by atoms with van der Waals surface area (Å²) in [5, 5.41) is 0. The van der Waals surface area contributed by atoms with Crippen molar-refractivity contribution in [2.75, 3.05) is 0 Å². The molecule has 25 heavy (non-hydrogen) atoms. The highest BCUT2D eigenvalue weighted by Gasteiger charge is 2.37. The molecule has 6 rings (SSSR count). The Labute approximate surface area is 147 Å². The van der Waals surface area contributed by atoms with Crippen molar-refractivity contribution in [3.63, 3.8) is 0 Å². The molecular formula is C20H13N4S+. The zero-order valence-corrected chi connectivity index (χ0v) is 14.1. The zero-order valence-electron chi connectivity index (χ0n) is 13.3. The van der Waals surface area contributed by atoms with E-state index in [1.54, 1.807) is 0 Å². The van der Waals surface area contributed by atoms with Gasteiger partial charge in [-0.15, -0.1) is 0 Å². The number of hydrogen-bond donors (Lipinski definition) is 0. The number of aromatic nitrogens is 4. The van der Waals surface area contributed by atoms with Crippen LogP contribution in [-0.4, -0.2) is 14.5 Å². The van der Waals surface area contributed by atoms with Gasteiger partial charge >= 0.3 is 0 Å². The Bertz CT molecular complexity index is 1270. The molecule has 0 spiro atoms. The molecule has 1 aliphatic heterocycles. The van der Waals surface area contributed by atoms with E-state index >= 15 is 0 Å². The molecule has 0 unspecified atom stereocenters. The molecule has 5 heteroatoms. The number of fused-ring (bicyclic) bond motifs is 7. The van der Waals surface area contributed by atoms with Crippen LogP contribution in [0, 0.1) is 0 Å². The number of benzene rings is 1. The fourth-order valence-corrected chi connectivity index (χ4v) is 4.93. The lowest BCUT2D eigenvalue weighted by Gasteiger charge is -2.01. The van der Waals surface area contributed by atoms with Crippen LogP contribution >= 0.6 is 11.3 Å². The Hall–Kier alpha value is -3.05. The summed E-state index contributed by atoms with van der Waals surface area (Å²) in [6.07, 6.45) is 5.73. The minimum Gasteiger partial charge on any atom is -0.264 e. The number of nitrogens with zero attached hydrogens (tertiary/aromatic N) is 4. The van der Waals surface area contributed by atoms with Crippen LogP contribution in [0.3, 0.4) is 0 Å². The molecule has 1 aromatic carbocycles. The molecule has 5 heterocycles. The van der Waals surface area contributed by atoms with Gasteiger partial charge < -0.3 is 0 Å². The van der Waals surface area contributed by atoms with Gasteiger partial charge in [-0.2, -0.15) is 4.57 Å². The van der Waals surface area contributed by atoms with Crippen LogP contribution in [-0.2, 0) is 6.54 Å². The molecule has 4 nitrogen and oxygen atoms in total. The third-order valence-corrected chi connectivity index (χ3v) is 5.99. The third kappa shape index (κ3) is 1.68. The fraction of sp³-hybridized carbons (Fsp3) is 0.0500. The molecule has 118 valence electrons.